The normalized spacial score (nSPS) is 11.8. The van der Waals surface area contributed by atoms with E-state index in [4.69, 9.17) is 0 Å². The number of H-pyrrole nitrogens is 1. The van der Waals surface area contributed by atoms with Crippen LogP contribution in [0.4, 0.5) is 0 Å². The van der Waals surface area contributed by atoms with Crippen molar-refractivity contribution in [3.63, 3.8) is 0 Å². The number of hydrogen-bond acceptors (Lipinski definition) is 0. The molecule has 0 bridgehead atoms. The molecule has 10 aromatic rings. The molecule has 0 amide bonds. The molecule has 0 radical (unpaired) electrons. The molecule has 0 atom stereocenters. The summed E-state index contributed by atoms with van der Waals surface area (Å²) in [4.78, 5) is 3.73. The van der Waals surface area contributed by atoms with Crippen molar-refractivity contribution in [1.82, 2.24) is 4.98 Å². The minimum absolute atomic E-state index is 1.16. The number of nitrogens with one attached hydrogen (secondary N) is 1. The monoisotopic (exact) mass is 595 g/mol. The lowest BCUT2D eigenvalue weighted by molar-refractivity contribution is 1.56. The predicted octanol–water partition coefficient (Wildman–Crippen LogP) is 12.9. The van der Waals surface area contributed by atoms with Crippen LogP contribution in [0.3, 0.4) is 0 Å². The fourth-order valence-electron chi connectivity index (χ4n) is 7.84. The van der Waals surface area contributed by atoms with E-state index in [0.717, 1.165) is 5.52 Å². The Balaban J connectivity index is 1.19. The Kier molecular flexibility index (Phi) is 5.64. The van der Waals surface area contributed by atoms with E-state index in [2.05, 4.69) is 175 Å². The molecule has 0 fully saturated rings. The second-order valence-corrected chi connectivity index (χ2v) is 12.5. The fraction of sp³-hybridized carbons (Fsp3) is 0. The largest absolute Gasteiger partial charge is 0.354 e. The highest BCUT2D eigenvalue weighted by atomic mass is 14.7. The first-order chi connectivity index (χ1) is 23.3. The molecule has 47 heavy (non-hydrogen) atoms. The molecular weight excluding hydrogens is 567 g/mol. The molecule has 1 nitrogen and oxygen atoms in total. The van der Waals surface area contributed by atoms with Crippen molar-refractivity contribution in [2.75, 3.05) is 0 Å². The number of aromatic amines is 1. The molecule has 0 saturated carbocycles. The van der Waals surface area contributed by atoms with Gasteiger partial charge in [0.1, 0.15) is 0 Å². The van der Waals surface area contributed by atoms with Crippen molar-refractivity contribution < 1.29 is 0 Å². The average molecular weight is 596 g/mol. The van der Waals surface area contributed by atoms with Crippen LogP contribution >= 0.6 is 0 Å². The quantitative estimate of drug-likeness (QED) is 0.196. The molecule has 9 aromatic carbocycles. The van der Waals surface area contributed by atoms with Gasteiger partial charge in [-0.3, -0.25) is 0 Å². The maximum atomic E-state index is 3.73. The van der Waals surface area contributed by atoms with E-state index in [0.29, 0.717) is 0 Å². The third-order valence-electron chi connectivity index (χ3n) is 9.99. The summed E-state index contributed by atoms with van der Waals surface area (Å²) in [5.41, 5.74) is 9.89. The maximum Gasteiger partial charge on any atom is 0.0544 e. The SMILES string of the molecule is c1ccc2c(-c3ccc(-c4c5ccccc5c(-c5ccc6[nH]c7c8ccccc8ccc7c6c5)c5ccccc45)cc3)cccc2c1. The molecule has 0 aliphatic carbocycles. The van der Waals surface area contributed by atoms with Crippen LogP contribution in [-0.4, -0.2) is 4.98 Å². The number of aromatic nitrogens is 1. The predicted molar refractivity (Wildman–Crippen MR) is 202 cm³/mol. The summed E-state index contributed by atoms with van der Waals surface area (Å²) in [6, 6.07) is 62.2. The summed E-state index contributed by atoms with van der Waals surface area (Å²) in [6.45, 7) is 0. The van der Waals surface area contributed by atoms with Crippen LogP contribution in [0.2, 0.25) is 0 Å². The van der Waals surface area contributed by atoms with Crippen molar-refractivity contribution in [3.05, 3.63) is 170 Å². The Morgan fingerprint density at radius 3 is 1.49 bits per heavy atom. The minimum atomic E-state index is 1.16. The van der Waals surface area contributed by atoms with E-state index in [1.54, 1.807) is 0 Å². The zero-order valence-electron chi connectivity index (χ0n) is 25.7. The van der Waals surface area contributed by atoms with Gasteiger partial charge < -0.3 is 4.98 Å². The zero-order valence-corrected chi connectivity index (χ0v) is 25.7. The molecule has 0 unspecified atom stereocenters. The first-order valence-electron chi connectivity index (χ1n) is 16.3. The van der Waals surface area contributed by atoms with Gasteiger partial charge in [0, 0.05) is 21.7 Å². The van der Waals surface area contributed by atoms with E-state index >= 15 is 0 Å². The number of benzene rings is 9. The van der Waals surface area contributed by atoms with Gasteiger partial charge in [0.05, 0.1) is 5.52 Å². The van der Waals surface area contributed by atoms with Crippen LogP contribution in [-0.2, 0) is 0 Å². The van der Waals surface area contributed by atoms with Crippen LogP contribution in [0.5, 0.6) is 0 Å². The highest BCUT2D eigenvalue weighted by Gasteiger charge is 2.18. The second-order valence-electron chi connectivity index (χ2n) is 12.5. The standard InChI is InChI=1S/C46H29N/c1-3-13-34-29(10-1)12-9-19-35(34)31-20-22-32(23-21-31)44-37-15-5-7-17-39(37)45(40-18-8-6-16-38(40)44)33-25-27-43-42(28-33)41-26-24-30-11-2-4-14-36(30)46(41)47-43/h1-28,47H. The van der Waals surface area contributed by atoms with E-state index in [9.17, 15) is 0 Å². The molecule has 10 rings (SSSR count). The molecule has 218 valence electrons. The lowest BCUT2D eigenvalue weighted by atomic mass is 9.85. The van der Waals surface area contributed by atoms with Gasteiger partial charge in [-0.1, -0.05) is 158 Å². The molecule has 1 aromatic heterocycles. The van der Waals surface area contributed by atoms with E-state index < -0.39 is 0 Å². The molecule has 0 aliphatic heterocycles. The van der Waals surface area contributed by atoms with Crippen molar-refractivity contribution in [2.24, 2.45) is 0 Å². The first-order valence-corrected chi connectivity index (χ1v) is 16.3. The minimum Gasteiger partial charge on any atom is -0.354 e. The van der Waals surface area contributed by atoms with Crippen LogP contribution in [0.1, 0.15) is 0 Å². The summed E-state index contributed by atoms with van der Waals surface area (Å²) in [5, 5.41) is 12.6. The van der Waals surface area contributed by atoms with E-state index in [-0.39, 0.29) is 0 Å². The summed E-state index contributed by atoms with van der Waals surface area (Å²) < 4.78 is 0. The Labute approximate surface area is 272 Å². The maximum absolute atomic E-state index is 3.73. The Bertz CT molecular complexity index is 2770. The lowest BCUT2D eigenvalue weighted by Crippen LogP contribution is -1.91. The van der Waals surface area contributed by atoms with Crippen LogP contribution in [0.15, 0.2) is 170 Å². The molecular formula is C46H29N. The van der Waals surface area contributed by atoms with Gasteiger partial charge in [-0.2, -0.15) is 0 Å². The van der Waals surface area contributed by atoms with Crippen molar-refractivity contribution in [2.45, 2.75) is 0 Å². The van der Waals surface area contributed by atoms with Crippen molar-refractivity contribution in [1.29, 1.82) is 0 Å². The van der Waals surface area contributed by atoms with Crippen LogP contribution < -0.4 is 0 Å². The number of fused-ring (bicyclic) bond motifs is 8. The van der Waals surface area contributed by atoms with E-state index in [1.165, 1.54) is 92.8 Å². The number of hydrogen-bond donors (Lipinski definition) is 1. The van der Waals surface area contributed by atoms with Gasteiger partial charge in [-0.05, 0) is 83.2 Å². The van der Waals surface area contributed by atoms with Gasteiger partial charge in [0.15, 0.2) is 0 Å². The first kappa shape index (κ1) is 26.1. The van der Waals surface area contributed by atoms with Crippen molar-refractivity contribution >= 4 is 64.9 Å². The molecule has 1 heteroatoms. The summed E-state index contributed by atoms with van der Waals surface area (Å²) in [7, 11) is 0. The highest BCUT2D eigenvalue weighted by molar-refractivity contribution is 6.23. The molecule has 0 aliphatic rings. The highest BCUT2D eigenvalue weighted by Crippen LogP contribution is 2.45. The number of rotatable bonds is 3. The average Bonchev–Trinajstić information content (AvgIpc) is 3.52. The van der Waals surface area contributed by atoms with Crippen LogP contribution in [0, 0.1) is 0 Å². The molecule has 0 spiro atoms. The Morgan fingerprint density at radius 1 is 0.298 bits per heavy atom. The molecule has 1 N–H and O–H groups in total. The molecule has 1 heterocycles. The summed E-state index contributed by atoms with van der Waals surface area (Å²) in [6.07, 6.45) is 0. The molecule has 0 saturated heterocycles. The van der Waals surface area contributed by atoms with Gasteiger partial charge >= 0.3 is 0 Å². The van der Waals surface area contributed by atoms with Gasteiger partial charge in [0.25, 0.3) is 0 Å². The third kappa shape index (κ3) is 3.97. The lowest BCUT2D eigenvalue weighted by Gasteiger charge is -2.18. The smallest absolute Gasteiger partial charge is 0.0544 e. The Morgan fingerprint density at radius 2 is 0.809 bits per heavy atom. The summed E-state index contributed by atoms with van der Waals surface area (Å²) in [5.74, 6) is 0. The van der Waals surface area contributed by atoms with Crippen molar-refractivity contribution in [3.8, 4) is 33.4 Å². The fourth-order valence-corrected chi connectivity index (χ4v) is 7.84. The van der Waals surface area contributed by atoms with Crippen LogP contribution in [0.25, 0.3) is 98.3 Å². The zero-order chi connectivity index (χ0) is 30.9. The second kappa shape index (κ2) is 10.2. The topological polar surface area (TPSA) is 15.8 Å². The van der Waals surface area contributed by atoms with Gasteiger partial charge in [-0.25, -0.2) is 0 Å². The van der Waals surface area contributed by atoms with E-state index in [1.807, 2.05) is 0 Å². The Hall–Kier alpha value is -6.18. The van der Waals surface area contributed by atoms with Gasteiger partial charge in [-0.15, -0.1) is 0 Å². The van der Waals surface area contributed by atoms with Gasteiger partial charge in [0.2, 0.25) is 0 Å². The third-order valence-corrected chi connectivity index (χ3v) is 9.99. The summed E-state index contributed by atoms with van der Waals surface area (Å²) >= 11 is 0.